The maximum Gasteiger partial charge on any atom is 0.292 e. The van der Waals surface area contributed by atoms with Gasteiger partial charge in [0.2, 0.25) is 0 Å². The summed E-state index contributed by atoms with van der Waals surface area (Å²) < 4.78 is 20.3. The summed E-state index contributed by atoms with van der Waals surface area (Å²) >= 11 is 6.73. The quantitative estimate of drug-likeness (QED) is 0.364. The zero-order valence-corrected chi connectivity index (χ0v) is 27.2. The first-order valence-corrected chi connectivity index (χ1v) is 16.0. The molecule has 9 nitrogen and oxygen atoms in total. The molecule has 1 saturated carbocycles. The monoisotopic (exact) mass is 635 g/mol. The van der Waals surface area contributed by atoms with Gasteiger partial charge >= 0.3 is 0 Å². The van der Waals surface area contributed by atoms with Crippen molar-refractivity contribution in [2.45, 2.75) is 45.1 Å². The molecular formula is C34H43ClFN7O2. The number of rotatable bonds is 9. The molecule has 45 heavy (non-hydrogen) atoms. The average Bonchev–Trinajstić information content (AvgIpc) is 3.79. The lowest BCUT2D eigenvalue weighted by atomic mass is 10.0. The Kier molecular flexibility index (Phi) is 10.2. The smallest absolute Gasteiger partial charge is 0.292 e. The van der Waals surface area contributed by atoms with E-state index in [-0.39, 0.29) is 18.4 Å². The summed E-state index contributed by atoms with van der Waals surface area (Å²) in [5, 5.41) is 15.8. The first kappa shape index (κ1) is 32.6. The number of halogens is 2. The van der Waals surface area contributed by atoms with Crippen LogP contribution < -0.4 is 10.2 Å². The number of hydrogen-bond donors (Lipinski definition) is 1. The normalized spacial score (nSPS) is 22.9. The molecule has 11 heteroatoms. The van der Waals surface area contributed by atoms with Crippen molar-refractivity contribution in [3.8, 4) is 6.07 Å². The molecule has 0 unspecified atom stereocenters. The zero-order valence-electron chi connectivity index (χ0n) is 26.5. The van der Waals surface area contributed by atoms with Crippen LogP contribution >= 0.6 is 11.6 Å². The first-order chi connectivity index (χ1) is 21.6. The van der Waals surface area contributed by atoms with E-state index in [1.54, 1.807) is 0 Å². The molecule has 0 spiro atoms. The molecule has 2 aromatic carbocycles. The number of amidine groups is 1. The van der Waals surface area contributed by atoms with Crippen molar-refractivity contribution >= 4 is 40.0 Å². The fraction of sp³-hybridized carbons (Fsp3) is 0.500. The van der Waals surface area contributed by atoms with Crippen LogP contribution in [0.1, 0.15) is 39.0 Å². The first-order valence-electron chi connectivity index (χ1n) is 15.6. The third-order valence-corrected chi connectivity index (χ3v) is 9.42. The van der Waals surface area contributed by atoms with E-state index in [9.17, 15) is 14.4 Å². The van der Waals surface area contributed by atoms with Gasteiger partial charge in [-0.1, -0.05) is 42.4 Å². The number of anilines is 1. The number of amides is 1. The molecule has 1 saturated heterocycles. The summed E-state index contributed by atoms with van der Waals surface area (Å²) in [6.07, 6.45) is 4.10. The average molecular weight is 636 g/mol. The Morgan fingerprint density at radius 1 is 1.22 bits per heavy atom. The lowest BCUT2D eigenvalue weighted by Gasteiger charge is -2.41. The number of piperazine rings is 1. The van der Waals surface area contributed by atoms with Gasteiger partial charge in [-0.3, -0.25) is 4.79 Å². The van der Waals surface area contributed by atoms with Gasteiger partial charge in [-0.05, 0) is 76.3 Å². The van der Waals surface area contributed by atoms with Crippen molar-refractivity contribution in [3.63, 3.8) is 0 Å². The molecule has 240 valence electrons. The molecule has 1 amide bonds. The molecule has 1 atom stereocenters. The van der Waals surface area contributed by atoms with Gasteiger partial charge in [0.25, 0.3) is 11.9 Å². The molecule has 5 rings (SSSR count). The second-order valence-corrected chi connectivity index (χ2v) is 13.1. The largest absolute Gasteiger partial charge is 0.464 e. The van der Waals surface area contributed by atoms with Gasteiger partial charge in [0.05, 0.1) is 36.8 Å². The van der Waals surface area contributed by atoms with E-state index in [4.69, 9.17) is 21.3 Å². The number of fused-ring (bicyclic) bond motifs is 1. The predicted molar refractivity (Wildman–Crippen MR) is 177 cm³/mol. The van der Waals surface area contributed by atoms with E-state index < -0.39 is 17.8 Å². The molecule has 2 aliphatic heterocycles. The fourth-order valence-electron chi connectivity index (χ4n) is 6.13. The topological polar surface area (TPSA) is 87.4 Å². The van der Waals surface area contributed by atoms with E-state index in [2.05, 4.69) is 71.9 Å². The highest BCUT2D eigenvalue weighted by Gasteiger charge is 2.43. The number of ether oxygens (including phenoxy) is 1. The molecule has 0 radical (unpaired) electrons. The summed E-state index contributed by atoms with van der Waals surface area (Å²) in [4.78, 5) is 25.6. The number of nitrogens with zero attached hydrogens (tertiary/aromatic N) is 6. The minimum absolute atomic E-state index is 0.0805. The number of hydrogen-bond acceptors (Lipinski definition) is 8. The SMILES string of the molecule is C=C(F)C(=O)N1CCN(C2=C(/C)CCN(c3cccc4cccc(Cl)c34)CN/C(OCC3(CCN(C)C)CC3)=N\2)C[C@@H]1CC#N. The minimum Gasteiger partial charge on any atom is -0.464 e. The van der Waals surface area contributed by atoms with Crippen LogP contribution in [0.2, 0.25) is 5.02 Å². The van der Waals surface area contributed by atoms with Crippen LogP contribution in [-0.4, -0.2) is 92.8 Å². The Morgan fingerprint density at radius 3 is 2.67 bits per heavy atom. The second-order valence-electron chi connectivity index (χ2n) is 12.7. The number of nitrogens with one attached hydrogen (secondary N) is 1. The van der Waals surface area contributed by atoms with Crippen molar-refractivity contribution in [2.24, 2.45) is 10.4 Å². The number of carbonyl (C=O) groups is 1. The van der Waals surface area contributed by atoms with Gasteiger partial charge < -0.3 is 29.7 Å². The Bertz CT molecular complexity index is 1520. The van der Waals surface area contributed by atoms with Gasteiger partial charge in [0.15, 0.2) is 5.83 Å². The Morgan fingerprint density at radius 2 is 1.98 bits per heavy atom. The van der Waals surface area contributed by atoms with Gasteiger partial charge in [0.1, 0.15) is 5.82 Å². The maximum absolute atomic E-state index is 13.8. The van der Waals surface area contributed by atoms with Gasteiger partial charge in [-0.15, -0.1) is 0 Å². The van der Waals surface area contributed by atoms with Crippen LogP contribution in [0.25, 0.3) is 10.8 Å². The summed E-state index contributed by atoms with van der Waals surface area (Å²) in [5.74, 6) is -1.03. The van der Waals surface area contributed by atoms with Crippen molar-refractivity contribution in [3.05, 3.63) is 65.2 Å². The number of carbonyl (C=O) groups excluding carboxylic acids is 1. The molecule has 0 bridgehead atoms. The second kappa shape index (κ2) is 14.1. The van der Waals surface area contributed by atoms with Crippen LogP contribution in [0.15, 0.2) is 65.2 Å². The number of aliphatic imine (C=N–C) groups is 1. The lowest BCUT2D eigenvalue weighted by Crippen LogP contribution is -2.54. The molecule has 0 aromatic heterocycles. The van der Waals surface area contributed by atoms with E-state index in [1.807, 2.05) is 18.2 Å². The van der Waals surface area contributed by atoms with Gasteiger partial charge in [-0.25, -0.2) is 4.39 Å². The van der Waals surface area contributed by atoms with E-state index in [0.717, 1.165) is 53.7 Å². The molecular weight excluding hydrogens is 593 g/mol. The van der Waals surface area contributed by atoms with Gasteiger partial charge in [-0.2, -0.15) is 10.3 Å². The molecule has 3 aliphatic rings. The number of benzene rings is 2. The lowest BCUT2D eigenvalue weighted by molar-refractivity contribution is -0.133. The van der Waals surface area contributed by atoms with Crippen molar-refractivity contribution in [2.75, 3.05) is 65.0 Å². The minimum atomic E-state index is -1.01. The predicted octanol–water partition coefficient (Wildman–Crippen LogP) is 5.50. The molecule has 2 heterocycles. The van der Waals surface area contributed by atoms with Crippen LogP contribution in [-0.2, 0) is 9.53 Å². The molecule has 1 aliphatic carbocycles. The summed E-state index contributed by atoms with van der Waals surface area (Å²) in [6.45, 7) is 9.04. The molecule has 2 fully saturated rings. The highest BCUT2D eigenvalue weighted by molar-refractivity contribution is 6.36. The highest BCUT2D eigenvalue weighted by atomic mass is 35.5. The van der Waals surface area contributed by atoms with Crippen LogP contribution in [0.3, 0.4) is 0 Å². The Hall–Kier alpha value is -3.81. The van der Waals surface area contributed by atoms with E-state index in [1.165, 1.54) is 4.90 Å². The van der Waals surface area contributed by atoms with E-state index >= 15 is 0 Å². The highest BCUT2D eigenvalue weighted by Crippen LogP contribution is 2.49. The summed E-state index contributed by atoms with van der Waals surface area (Å²) in [6, 6.07) is 14.3. The molecule has 2 aromatic rings. The third-order valence-electron chi connectivity index (χ3n) is 9.10. The molecule has 1 N–H and O–H groups in total. The van der Waals surface area contributed by atoms with E-state index in [0.29, 0.717) is 50.4 Å². The van der Waals surface area contributed by atoms with Crippen LogP contribution in [0, 0.1) is 16.7 Å². The van der Waals surface area contributed by atoms with Crippen molar-refractivity contribution in [1.82, 2.24) is 20.0 Å². The standard InChI is InChI=1S/C34H43ClFN7O2/c1-24-12-17-42(29-10-6-8-26-7-5-9-28(35)30(26)29)23-38-33(45-22-34(13-14-34)15-18-40(3)4)39-31(24)41-19-20-43(32(44)25(2)36)27(21-41)11-16-37/h5-10,27H,2,11-15,17-23H2,1,3-4H3,(H,38,39)/b31-24-/t27-/m0/s1. The van der Waals surface area contributed by atoms with Crippen LogP contribution in [0.5, 0.6) is 0 Å². The van der Waals surface area contributed by atoms with Crippen molar-refractivity contribution < 1.29 is 13.9 Å². The Labute approximate surface area is 270 Å². The Balaban J connectivity index is 1.45. The fourth-order valence-corrected chi connectivity index (χ4v) is 6.41. The summed E-state index contributed by atoms with van der Waals surface area (Å²) in [7, 11) is 4.18. The van der Waals surface area contributed by atoms with Gasteiger partial charge in [0, 0.05) is 42.7 Å². The zero-order chi connectivity index (χ0) is 32.1. The summed E-state index contributed by atoms with van der Waals surface area (Å²) in [5.41, 5.74) is 2.22. The maximum atomic E-state index is 13.8. The number of nitriles is 1. The van der Waals surface area contributed by atoms with Crippen molar-refractivity contribution in [1.29, 1.82) is 5.26 Å². The van der Waals surface area contributed by atoms with Crippen LogP contribution in [0.4, 0.5) is 10.1 Å². The third kappa shape index (κ3) is 7.71.